The van der Waals surface area contributed by atoms with Crippen LogP contribution >= 0.6 is 11.6 Å². The average Bonchev–Trinajstić information content (AvgIpc) is 2.51. The van der Waals surface area contributed by atoms with Gasteiger partial charge in [-0.15, -0.1) is 0 Å². The molecule has 0 radical (unpaired) electrons. The number of aromatic nitrogens is 2. The van der Waals surface area contributed by atoms with Gasteiger partial charge in [0.25, 0.3) is 0 Å². The zero-order valence-electron chi connectivity index (χ0n) is 7.24. The highest BCUT2D eigenvalue weighted by Gasteiger charge is 2.00. The Kier molecular flexibility index (Phi) is 2.07. The third kappa shape index (κ3) is 1.58. The first-order valence-electron chi connectivity index (χ1n) is 4.04. The molecule has 1 heterocycles. The Hall–Kier alpha value is -1.28. The highest BCUT2D eigenvalue weighted by Crippen LogP contribution is 2.15. The Morgan fingerprint density at radius 2 is 2.15 bits per heavy atom. The molecule has 1 aromatic carbocycles. The molecule has 1 aromatic heterocycles. The predicted octanol–water partition coefficient (Wildman–Crippen LogP) is 2.83. The third-order valence-corrected chi connectivity index (χ3v) is 2.13. The molecule has 66 valence electrons. The second-order valence-electron chi connectivity index (χ2n) is 2.90. The fourth-order valence-electron chi connectivity index (χ4n) is 1.24. The number of halogens is 1. The van der Waals surface area contributed by atoms with Gasteiger partial charge in [-0.1, -0.05) is 23.7 Å². The van der Waals surface area contributed by atoms with Crippen molar-refractivity contribution in [3.8, 4) is 5.69 Å². The minimum atomic E-state index is 0.630. The summed E-state index contributed by atoms with van der Waals surface area (Å²) in [4.78, 5) is 0. The van der Waals surface area contributed by atoms with Crippen LogP contribution in [0.3, 0.4) is 0 Å². The second-order valence-corrected chi connectivity index (χ2v) is 3.29. The van der Waals surface area contributed by atoms with Crippen LogP contribution in [0.2, 0.25) is 5.15 Å². The smallest absolute Gasteiger partial charge is 0.132 e. The van der Waals surface area contributed by atoms with Crippen LogP contribution in [-0.4, -0.2) is 9.78 Å². The second kappa shape index (κ2) is 3.23. The number of rotatable bonds is 1. The van der Waals surface area contributed by atoms with Crippen LogP contribution in [0.15, 0.2) is 36.5 Å². The molecule has 2 aromatic rings. The van der Waals surface area contributed by atoms with Gasteiger partial charge in [0.2, 0.25) is 0 Å². The number of hydrogen-bond acceptors (Lipinski definition) is 1. The van der Waals surface area contributed by atoms with Crippen LogP contribution in [0.1, 0.15) is 5.56 Å². The topological polar surface area (TPSA) is 17.8 Å². The molecule has 0 saturated heterocycles. The SMILES string of the molecule is Cc1cccc(-n2nccc2Cl)c1. The maximum atomic E-state index is 5.93. The van der Waals surface area contributed by atoms with E-state index < -0.39 is 0 Å². The van der Waals surface area contributed by atoms with E-state index in [1.165, 1.54) is 5.56 Å². The van der Waals surface area contributed by atoms with Crippen molar-refractivity contribution in [1.29, 1.82) is 0 Å². The number of nitrogens with zero attached hydrogens (tertiary/aromatic N) is 2. The highest BCUT2D eigenvalue weighted by molar-refractivity contribution is 6.29. The van der Waals surface area contributed by atoms with Crippen LogP contribution in [-0.2, 0) is 0 Å². The summed E-state index contributed by atoms with van der Waals surface area (Å²) in [5.74, 6) is 0. The van der Waals surface area contributed by atoms with Crippen LogP contribution in [0.4, 0.5) is 0 Å². The molecule has 13 heavy (non-hydrogen) atoms. The van der Waals surface area contributed by atoms with E-state index in [1.54, 1.807) is 16.9 Å². The largest absolute Gasteiger partial charge is 0.222 e. The van der Waals surface area contributed by atoms with E-state index >= 15 is 0 Å². The molecule has 0 unspecified atom stereocenters. The molecule has 0 spiro atoms. The van der Waals surface area contributed by atoms with Crippen molar-refractivity contribution in [1.82, 2.24) is 9.78 Å². The van der Waals surface area contributed by atoms with Crippen molar-refractivity contribution < 1.29 is 0 Å². The Bertz CT molecular complexity index is 420. The summed E-state index contributed by atoms with van der Waals surface area (Å²) in [6.07, 6.45) is 1.69. The molecule has 3 heteroatoms. The lowest BCUT2D eigenvalue weighted by molar-refractivity contribution is 0.880. The lowest BCUT2D eigenvalue weighted by Gasteiger charge is -2.03. The molecular formula is C10H9ClN2. The molecule has 0 saturated carbocycles. The molecule has 2 nitrogen and oxygen atoms in total. The Labute approximate surface area is 81.8 Å². The van der Waals surface area contributed by atoms with Crippen LogP contribution < -0.4 is 0 Å². The minimum Gasteiger partial charge on any atom is -0.222 e. The molecule has 0 aliphatic rings. The summed E-state index contributed by atoms with van der Waals surface area (Å²) in [5, 5.41) is 4.74. The van der Waals surface area contributed by atoms with Crippen LogP contribution in [0.25, 0.3) is 5.69 Å². The Balaban J connectivity index is 2.53. The molecule has 0 aliphatic carbocycles. The van der Waals surface area contributed by atoms with Crippen molar-refractivity contribution in [3.05, 3.63) is 47.2 Å². The van der Waals surface area contributed by atoms with Crippen molar-refractivity contribution in [2.45, 2.75) is 6.92 Å². The zero-order valence-corrected chi connectivity index (χ0v) is 7.99. The van der Waals surface area contributed by atoms with Gasteiger partial charge in [0.15, 0.2) is 0 Å². The molecular weight excluding hydrogens is 184 g/mol. The van der Waals surface area contributed by atoms with E-state index in [9.17, 15) is 0 Å². The van der Waals surface area contributed by atoms with E-state index in [0.29, 0.717) is 5.15 Å². The molecule has 0 atom stereocenters. The van der Waals surface area contributed by atoms with Gasteiger partial charge in [0.1, 0.15) is 5.15 Å². The molecule has 0 fully saturated rings. The monoisotopic (exact) mass is 192 g/mol. The van der Waals surface area contributed by atoms with Crippen molar-refractivity contribution in [2.24, 2.45) is 0 Å². The quantitative estimate of drug-likeness (QED) is 0.680. The van der Waals surface area contributed by atoms with Gasteiger partial charge >= 0.3 is 0 Å². The van der Waals surface area contributed by atoms with E-state index in [0.717, 1.165) is 5.69 Å². The maximum absolute atomic E-state index is 5.93. The molecule has 0 aliphatic heterocycles. The van der Waals surface area contributed by atoms with Gasteiger partial charge in [0, 0.05) is 0 Å². The van der Waals surface area contributed by atoms with E-state index in [4.69, 9.17) is 11.6 Å². The van der Waals surface area contributed by atoms with E-state index in [1.807, 2.05) is 31.2 Å². The highest BCUT2D eigenvalue weighted by atomic mass is 35.5. The number of hydrogen-bond donors (Lipinski definition) is 0. The third-order valence-electron chi connectivity index (χ3n) is 1.84. The van der Waals surface area contributed by atoms with Gasteiger partial charge in [-0.25, -0.2) is 4.68 Å². The lowest BCUT2D eigenvalue weighted by Crippen LogP contribution is -1.95. The summed E-state index contributed by atoms with van der Waals surface area (Å²) < 4.78 is 1.70. The Morgan fingerprint density at radius 1 is 1.31 bits per heavy atom. The van der Waals surface area contributed by atoms with Crippen LogP contribution in [0.5, 0.6) is 0 Å². The first kappa shape index (κ1) is 8.32. The van der Waals surface area contributed by atoms with Crippen molar-refractivity contribution in [3.63, 3.8) is 0 Å². The first-order valence-corrected chi connectivity index (χ1v) is 4.42. The first-order chi connectivity index (χ1) is 6.27. The fraction of sp³-hybridized carbons (Fsp3) is 0.100. The molecule has 2 rings (SSSR count). The normalized spacial score (nSPS) is 10.3. The minimum absolute atomic E-state index is 0.630. The van der Waals surface area contributed by atoms with E-state index in [2.05, 4.69) is 5.10 Å². The fourth-order valence-corrected chi connectivity index (χ4v) is 1.43. The maximum Gasteiger partial charge on any atom is 0.132 e. The number of benzene rings is 1. The van der Waals surface area contributed by atoms with Crippen molar-refractivity contribution in [2.75, 3.05) is 0 Å². The van der Waals surface area contributed by atoms with Crippen LogP contribution in [0, 0.1) is 6.92 Å². The van der Waals surface area contributed by atoms with Crippen molar-refractivity contribution >= 4 is 11.6 Å². The zero-order chi connectivity index (χ0) is 9.26. The molecule has 0 bridgehead atoms. The lowest BCUT2D eigenvalue weighted by atomic mass is 10.2. The summed E-state index contributed by atoms with van der Waals surface area (Å²) in [5.41, 5.74) is 2.19. The summed E-state index contributed by atoms with van der Waals surface area (Å²) in [6, 6.07) is 9.82. The van der Waals surface area contributed by atoms with Gasteiger partial charge in [-0.3, -0.25) is 0 Å². The summed E-state index contributed by atoms with van der Waals surface area (Å²) in [6.45, 7) is 2.04. The van der Waals surface area contributed by atoms with Gasteiger partial charge in [-0.2, -0.15) is 5.10 Å². The average molecular weight is 193 g/mol. The molecule has 0 amide bonds. The summed E-state index contributed by atoms with van der Waals surface area (Å²) >= 11 is 5.93. The predicted molar refractivity (Wildman–Crippen MR) is 53.3 cm³/mol. The van der Waals surface area contributed by atoms with Gasteiger partial charge < -0.3 is 0 Å². The Morgan fingerprint density at radius 3 is 2.77 bits per heavy atom. The van der Waals surface area contributed by atoms with Gasteiger partial charge in [0.05, 0.1) is 11.9 Å². The number of aryl methyl sites for hydroxylation is 1. The molecule has 0 N–H and O–H groups in total. The standard InChI is InChI=1S/C10H9ClN2/c1-8-3-2-4-9(7-8)13-10(11)5-6-12-13/h2-7H,1H3. The van der Waals surface area contributed by atoms with Gasteiger partial charge in [-0.05, 0) is 30.7 Å². The summed E-state index contributed by atoms with van der Waals surface area (Å²) in [7, 11) is 0. The van der Waals surface area contributed by atoms with E-state index in [-0.39, 0.29) is 0 Å².